The second-order valence-corrected chi connectivity index (χ2v) is 8.18. The van der Waals surface area contributed by atoms with Crippen molar-refractivity contribution >= 4 is 41.0 Å². The van der Waals surface area contributed by atoms with Crippen LogP contribution in [-0.2, 0) is 9.53 Å². The molecule has 3 amide bonds. The number of hydrogen-bond acceptors (Lipinski definition) is 5. The van der Waals surface area contributed by atoms with Crippen LogP contribution in [0, 0.1) is 0 Å². The van der Waals surface area contributed by atoms with Crippen LogP contribution in [0.15, 0.2) is 42.5 Å². The van der Waals surface area contributed by atoms with Crippen molar-refractivity contribution in [2.45, 2.75) is 39.8 Å². The molecular formula is C23H23ClN2O5. The van der Waals surface area contributed by atoms with Crippen molar-refractivity contribution in [1.29, 1.82) is 0 Å². The van der Waals surface area contributed by atoms with Crippen molar-refractivity contribution in [2.75, 3.05) is 11.5 Å². The molecule has 8 heteroatoms. The Morgan fingerprint density at radius 3 is 2.10 bits per heavy atom. The van der Waals surface area contributed by atoms with Gasteiger partial charge in [0, 0.05) is 17.1 Å². The number of carbonyl (C=O) groups is 4. The van der Waals surface area contributed by atoms with Crippen molar-refractivity contribution in [3.05, 3.63) is 64.2 Å². The van der Waals surface area contributed by atoms with E-state index < -0.39 is 24.4 Å². The van der Waals surface area contributed by atoms with E-state index in [1.807, 2.05) is 27.7 Å². The smallest absolute Gasteiger partial charge is 0.338 e. The lowest BCUT2D eigenvalue weighted by Gasteiger charge is -2.30. The zero-order chi connectivity index (χ0) is 22.9. The maximum absolute atomic E-state index is 12.8. The molecule has 0 aliphatic carbocycles. The van der Waals surface area contributed by atoms with E-state index in [1.54, 1.807) is 29.2 Å². The Kier molecular flexibility index (Phi) is 6.45. The van der Waals surface area contributed by atoms with Gasteiger partial charge in [-0.2, -0.15) is 0 Å². The highest BCUT2D eigenvalue weighted by atomic mass is 35.5. The first kappa shape index (κ1) is 22.5. The third kappa shape index (κ3) is 4.46. The molecule has 7 nitrogen and oxygen atoms in total. The molecule has 1 aliphatic heterocycles. The van der Waals surface area contributed by atoms with Gasteiger partial charge in [0.15, 0.2) is 6.61 Å². The number of rotatable bonds is 6. The number of amides is 3. The molecule has 3 rings (SSSR count). The lowest BCUT2D eigenvalue weighted by Crippen LogP contribution is -2.44. The first-order chi connectivity index (χ1) is 14.6. The minimum Gasteiger partial charge on any atom is -0.452 e. The zero-order valence-electron chi connectivity index (χ0n) is 17.7. The maximum Gasteiger partial charge on any atom is 0.338 e. The second-order valence-electron chi connectivity index (χ2n) is 7.75. The van der Waals surface area contributed by atoms with Gasteiger partial charge in [0.25, 0.3) is 17.7 Å². The van der Waals surface area contributed by atoms with Crippen molar-refractivity contribution in [1.82, 2.24) is 4.90 Å². The highest BCUT2D eigenvalue weighted by Crippen LogP contribution is 2.30. The summed E-state index contributed by atoms with van der Waals surface area (Å²) in [5.74, 6) is -2.07. The van der Waals surface area contributed by atoms with E-state index in [9.17, 15) is 19.2 Å². The molecular weight excluding hydrogens is 420 g/mol. The van der Waals surface area contributed by atoms with Gasteiger partial charge in [-0.15, -0.1) is 0 Å². The number of imide groups is 1. The van der Waals surface area contributed by atoms with Gasteiger partial charge in [-0.3, -0.25) is 14.4 Å². The summed E-state index contributed by atoms with van der Waals surface area (Å²) in [6, 6.07) is 10.4. The fourth-order valence-electron chi connectivity index (χ4n) is 3.65. The molecule has 0 fully saturated rings. The average molecular weight is 443 g/mol. The number of halogens is 1. The lowest BCUT2D eigenvalue weighted by molar-refractivity contribution is -0.138. The first-order valence-corrected chi connectivity index (χ1v) is 10.3. The number of fused-ring (bicyclic) bond motifs is 1. The quantitative estimate of drug-likeness (QED) is 0.499. The van der Waals surface area contributed by atoms with Gasteiger partial charge in [0.1, 0.15) is 0 Å². The Labute approximate surface area is 185 Å². The minimum absolute atomic E-state index is 0.0336. The Bertz CT molecular complexity index is 1040. The van der Waals surface area contributed by atoms with Crippen LogP contribution in [-0.4, -0.2) is 47.3 Å². The monoisotopic (exact) mass is 442 g/mol. The van der Waals surface area contributed by atoms with Gasteiger partial charge in [-0.05, 0) is 70.2 Å². The van der Waals surface area contributed by atoms with Crippen LogP contribution in [0.25, 0.3) is 0 Å². The summed E-state index contributed by atoms with van der Waals surface area (Å²) in [6.07, 6.45) is 0. The molecule has 0 radical (unpaired) electrons. The molecule has 0 aromatic heterocycles. The van der Waals surface area contributed by atoms with Crippen LogP contribution in [0.2, 0.25) is 5.02 Å². The summed E-state index contributed by atoms with van der Waals surface area (Å²) >= 11 is 5.88. The van der Waals surface area contributed by atoms with Gasteiger partial charge in [-0.25, -0.2) is 9.69 Å². The van der Waals surface area contributed by atoms with Crippen LogP contribution in [0.1, 0.15) is 58.8 Å². The molecule has 162 valence electrons. The molecule has 31 heavy (non-hydrogen) atoms. The van der Waals surface area contributed by atoms with Crippen LogP contribution in [0.3, 0.4) is 0 Å². The van der Waals surface area contributed by atoms with Gasteiger partial charge < -0.3 is 9.64 Å². The van der Waals surface area contributed by atoms with Crippen molar-refractivity contribution < 1.29 is 23.9 Å². The predicted molar refractivity (Wildman–Crippen MR) is 116 cm³/mol. The second kappa shape index (κ2) is 8.89. The number of nitrogens with zero attached hydrogens (tertiary/aromatic N) is 2. The average Bonchev–Trinajstić information content (AvgIpc) is 2.96. The fraction of sp³-hybridized carbons (Fsp3) is 0.304. The molecule has 2 aromatic rings. The van der Waals surface area contributed by atoms with E-state index in [0.29, 0.717) is 10.7 Å². The van der Waals surface area contributed by atoms with Crippen LogP contribution >= 0.6 is 11.6 Å². The van der Waals surface area contributed by atoms with E-state index in [0.717, 1.165) is 4.90 Å². The number of benzene rings is 2. The largest absolute Gasteiger partial charge is 0.452 e. The third-order valence-electron chi connectivity index (χ3n) is 4.93. The highest BCUT2D eigenvalue weighted by Gasteiger charge is 2.37. The van der Waals surface area contributed by atoms with Crippen molar-refractivity contribution in [3.63, 3.8) is 0 Å². The van der Waals surface area contributed by atoms with Gasteiger partial charge in [0.05, 0.1) is 22.4 Å². The van der Waals surface area contributed by atoms with Gasteiger partial charge in [0.2, 0.25) is 0 Å². The highest BCUT2D eigenvalue weighted by molar-refractivity contribution is 6.35. The summed E-state index contributed by atoms with van der Waals surface area (Å²) in [7, 11) is 0. The van der Waals surface area contributed by atoms with Crippen molar-refractivity contribution in [3.8, 4) is 0 Å². The summed E-state index contributed by atoms with van der Waals surface area (Å²) in [4.78, 5) is 53.1. The Morgan fingerprint density at radius 2 is 1.52 bits per heavy atom. The van der Waals surface area contributed by atoms with E-state index >= 15 is 0 Å². The van der Waals surface area contributed by atoms with Crippen LogP contribution in [0.4, 0.5) is 5.69 Å². The number of hydrogen-bond donors (Lipinski definition) is 0. The Hall–Kier alpha value is -3.19. The summed E-state index contributed by atoms with van der Waals surface area (Å²) in [5.41, 5.74) is 0.768. The fourth-order valence-corrected chi connectivity index (χ4v) is 3.78. The van der Waals surface area contributed by atoms with Crippen LogP contribution in [0.5, 0.6) is 0 Å². The summed E-state index contributed by atoms with van der Waals surface area (Å²) in [5, 5.41) is 0.480. The topological polar surface area (TPSA) is 84.0 Å². The molecule has 0 N–H and O–H groups in total. The van der Waals surface area contributed by atoms with Crippen molar-refractivity contribution in [2.24, 2.45) is 0 Å². The summed E-state index contributed by atoms with van der Waals surface area (Å²) in [6.45, 7) is 7.13. The molecule has 0 bridgehead atoms. The molecule has 2 aromatic carbocycles. The van der Waals surface area contributed by atoms with E-state index in [1.165, 1.54) is 18.2 Å². The number of ether oxygens (including phenoxy) is 1. The normalized spacial score (nSPS) is 13.1. The van der Waals surface area contributed by atoms with E-state index in [-0.39, 0.29) is 34.7 Å². The van der Waals surface area contributed by atoms with E-state index in [2.05, 4.69) is 0 Å². The molecule has 1 heterocycles. The minimum atomic E-state index is -0.742. The summed E-state index contributed by atoms with van der Waals surface area (Å²) < 4.78 is 5.16. The SMILES string of the molecule is CC(C)N(C(=O)COC(=O)c1ccc2c(c1)C(=O)N(c1ccc(Cl)cc1)C2=O)C(C)C. The molecule has 0 saturated carbocycles. The van der Waals surface area contributed by atoms with Crippen LogP contribution < -0.4 is 4.90 Å². The standard InChI is InChI=1S/C23H23ClN2O5/c1-13(2)25(14(3)4)20(27)12-31-23(30)15-5-10-18-19(11-15)22(29)26(21(18)28)17-8-6-16(24)7-9-17/h5-11,13-14H,12H2,1-4H3. The molecule has 0 spiro atoms. The maximum atomic E-state index is 12.8. The van der Waals surface area contributed by atoms with Gasteiger partial charge >= 0.3 is 5.97 Å². The Balaban J connectivity index is 1.76. The zero-order valence-corrected chi connectivity index (χ0v) is 18.5. The molecule has 0 saturated heterocycles. The predicted octanol–water partition coefficient (Wildman–Crippen LogP) is 3.94. The molecule has 1 aliphatic rings. The first-order valence-electron chi connectivity index (χ1n) is 9.88. The molecule has 0 atom stereocenters. The van der Waals surface area contributed by atoms with E-state index in [4.69, 9.17) is 16.3 Å². The number of esters is 1. The lowest BCUT2D eigenvalue weighted by atomic mass is 10.1. The third-order valence-corrected chi connectivity index (χ3v) is 5.19. The number of anilines is 1. The van der Waals surface area contributed by atoms with Gasteiger partial charge in [-0.1, -0.05) is 11.6 Å². The Morgan fingerprint density at radius 1 is 0.935 bits per heavy atom. The molecule has 0 unspecified atom stereocenters. The number of carbonyl (C=O) groups excluding carboxylic acids is 4.